The molecule has 0 radical (unpaired) electrons. The number of rotatable bonds is 3. The third-order valence-electron chi connectivity index (χ3n) is 4.23. The van der Waals surface area contributed by atoms with Gasteiger partial charge in [0.2, 0.25) is 0 Å². The number of hydrogen-bond donors (Lipinski definition) is 0. The highest BCUT2D eigenvalue weighted by Crippen LogP contribution is 2.31. The predicted molar refractivity (Wildman–Crippen MR) is 87.3 cm³/mol. The molecule has 0 N–H and O–H groups in total. The number of nitriles is 1. The van der Waals surface area contributed by atoms with Crippen LogP contribution in [0.1, 0.15) is 24.7 Å². The van der Waals surface area contributed by atoms with Crippen LogP contribution in [-0.4, -0.2) is 26.6 Å². The quantitative estimate of drug-likeness (QED) is 0.689. The molecule has 2 aromatic heterocycles. The average Bonchev–Trinajstić information content (AvgIpc) is 3.31. The van der Waals surface area contributed by atoms with Crippen LogP contribution in [0.3, 0.4) is 0 Å². The summed E-state index contributed by atoms with van der Waals surface area (Å²) in [4.78, 5) is 10.4. The number of nitrogens with zero attached hydrogens (tertiary/aromatic N) is 5. The summed E-state index contributed by atoms with van der Waals surface area (Å²) in [5, 5.41) is 13.3. The first kappa shape index (κ1) is 14.4. The molecule has 1 saturated heterocycles. The minimum Gasteiger partial charge on any atom is -0.334 e. The van der Waals surface area contributed by atoms with Crippen LogP contribution in [0.15, 0.2) is 53.3 Å². The van der Waals surface area contributed by atoms with Gasteiger partial charge in [0.15, 0.2) is 12.0 Å². The summed E-state index contributed by atoms with van der Waals surface area (Å²) in [7, 11) is 0. The lowest BCUT2D eigenvalue weighted by atomic mass is 10.0. The fraction of sp³-hybridized carbons (Fsp3) is 0.222. The largest absolute Gasteiger partial charge is 0.334 e. The van der Waals surface area contributed by atoms with Gasteiger partial charge in [-0.2, -0.15) is 10.2 Å². The van der Waals surface area contributed by atoms with Crippen molar-refractivity contribution in [1.82, 2.24) is 20.0 Å². The van der Waals surface area contributed by atoms with Gasteiger partial charge in [-0.25, -0.2) is 0 Å². The summed E-state index contributed by atoms with van der Waals surface area (Å²) in [6.07, 6.45) is 7.62. The lowest BCUT2D eigenvalue weighted by Gasteiger charge is -2.13. The molecule has 118 valence electrons. The van der Waals surface area contributed by atoms with E-state index < -0.39 is 0 Å². The Hall–Kier alpha value is -3.20. The van der Waals surface area contributed by atoms with E-state index in [2.05, 4.69) is 21.3 Å². The maximum Gasteiger partial charge on any atom is 0.258 e. The summed E-state index contributed by atoms with van der Waals surface area (Å²) in [6, 6.07) is 11.8. The monoisotopic (exact) mass is 317 g/mol. The summed E-state index contributed by atoms with van der Waals surface area (Å²) >= 11 is 0. The molecule has 1 aliphatic rings. The molecule has 0 spiro atoms. The molecule has 0 saturated carbocycles. The Kier molecular flexibility index (Phi) is 3.67. The lowest BCUT2D eigenvalue weighted by Crippen LogP contribution is -2.17. The second kappa shape index (κ2) is 6.13. The van der Waals surface area contributed by atoms with Gasteiger partial charge in [-0.05, 0) is 36.6 Å². The molecule has 4 rings (SSSR count). The van der Waals surface area contributed by atoms with Crippen molar-refractivity contribution in [3.63, 3.8) is 0 Å². The fourth-order valence-corrected chi connectivity index (χ4v) is 3.01. The van der Waals surface area contributed by atoms with E-state index in [9.17, 15) is 0 Å². The van der Waals surface area contributed by atoms with E-state index in [1.54, 1.807) is 11.1 Å². The van der Waals surface area contributed by atoms with Crippen molar-refractivity contribution in [2.75, 3.05) is 6.54 Å². The van der Waals surface area contributed by atoms with Gasteiger partial charge in [0.05, 0.1) is 0 Å². The highest BCUT2D eigenvalue weighted by Gasteiger charge is 2.29. The molecule has 1 aliphatic heterocycles. The van der Waals surface area contributed by atoms with Crippen molar-refractivity contribution in [3.8, 4) is 28.8 Å². The molecule has 6 nitrogen and oxygen atoms in total. The van der Waals surface area contributed by atoms with Crippen LogP contribution in [0, 0.1) is 11.5 Å². The second-order valence-electron chi connectivity index (χ2n) is 5.73. The van der Waals surface area contributed by atoms with Gasteiger partial charge in [0.25, 0.3) is 5.89 Å². The van der Waals surface area contributed by atoms with Gasteiger partial charge in [0, 0.05) is 30.1 Å². The molecule has 3 aromatic rings. The normalized spacial score (nSPS) is 17.0. The highest BCUT2D eigenvalue weighted by molar-refractivity contribution is 5.68. The maximum absolute atomic E-state index is 9.17. The van der Waals surface area contributed by atoms with Crippen LogP contribution >= 0.6 is 0 Å². The van der Waals surface area contributed by atoms with E-state index in [-0.39, 0.29) is 6.04 Å². The second-order valence-corrected chi connectivity index (χ2v) is 5.73. The van der Waals surface area contributed by atoms with E-state index in [1.807, 2.05) is 42.6 Å². The Labute approximate surface area is 139 Å². The first-order chi connectivity index (χ1) is 11.8. The number of pyridine rings is 1. The van der Waals surface area contributed by atoms with Gasteiger partial charge in [-0.15, -0.1) is 0 Å². The Morgan fingerprint density at radius 1 is 1.17 bits per heavy atom. The van der Waals surface area contributed by atoms with Crippen molar-refractivity contribution in [2.24, 2.45) is 0 Å². The molecule has 0 aliphatic carbocycles. The molecular weight excluding hydrogens is 302 g/mol. The number of benzene rings is 1. The van der Waals surface area contributed by atoms with Gasteiger partial charge in [-0.1, -0.05) is 23.4 Å². The predicted octanol–water partition coefficient (Wildman–Crippen LogP) is 3.42. The summed E-state index contributed by atoms with van der Waals surface area (Å²) in [5.74, 6) is 1.05. The minimum absolute atomic E-state index is 0.0750. The van der Waals surface area contributed by atoms with Gasteiger partial charge < -0.3 is 4.52 Å². The van der Waals surface area contributed by atoms with Crippen LogP contribution in [-0.2, 0) is 0 Å². The minimum atomic E-state index is -0.0750. The third-order valence-corrected chi connectivity index (χ3v) is 4.23. The maximum atomic E-state index is 9.17. The molecular formula is C18H15N5O. The van der Waals surface area contributed by atoms with Crippen molar-refractivity contribution < 1.29 is 4.52 Å². The van der Waals surface area contributed by atoms with Gasteiger partial charge >= 0.3 is 0 Å². The van der Waals surface area contributed by atoms with Crippen molar-refractivity contribution in [3.05, 3.63) is 54.6 Å². The van der Waals surface area contributed by atoms with Gasteiger partial charge in [0.1, 0.15) is 6.04 Å². The Bertz CT molecular complexity index is 884. The first-order valence-corrected chi connectivity index (χ1v) is 7.86. The van der Waals surface area contributed by atoms with Gasteiger partial charge in [-0.3, -0.25) is 9.88 Å². The zero-order valence-electron chi connectivity index (χ0n) is 13.0. The molecule has 3 heterocycles. The van der Waals surface area contributed by atoms with Crippen LogP contribution < -0.4 is 0 Å². The zero-order valence-corrected chi connectivity index (χ0v) is 13.0. The number of aromatic nitrogens is 3. The first-order valence-electron chi connectivity index (χ1n) is 7.86. The summed E-state index contributed by atoms with van der Waals surface area (Å²) < 4.78 is 5.43. The smallest absolute Gasteiger partial charge is 0.258 e. The topological polar surface area (TPSA) is 78.8 Å². The van der Waals surface area contributed by atoms with E-state index >= 15 is 0 Å². The standard InChI is InChI=1S/C18H15N5O/c19-12-23-9-3-7-16(23)17-21-18(24-22-17)14-5-1-4-13(10-14)15-6-2-8-20-11-15/h1-2,4-6,8,10-11,16H,3,7,9H2. The zero-order chi connectivity index (χ0) is 16.4. The fourth-order valence-electron chi connectivity index (χ4n) is 3.01. The SMILES string of the molecule is N#CN1CCCC1c1noc(-c2cccc(-c3cccnc3)c2)n1. The number of likely N-dealkylation sites (tertiary alicyclic amines) is 1. The van der Waals surface area contributed by atoms with Crippen LogP contribution in [0.2, 0.25) is 0 Å². The van der Waals surface area contributed by atoms with Crippen LogP contribution in [0.25, 0.3) is 22.6 Å². The van der Waals surface area contributed by atoms with Crippen LogP contribution in [0.5, 0.6) is 0 Å². The molecule has 1 aromatic carbocycles. The van der Waals surface area contributed by atoms with E-state index in [0.717, 1.165) is 36.1 Å². The van der Waals surface area contributed by atoms with Crippen molar-refractivity contribution in [2.45, 2.75) is 18.9 Å². The molecule has 1 unspecified atom stereocenters. The lowest BCUT2D eigenvalue weighted by molar-refractivity contribution is 0.339. The molecule has 24 heavy (non-hydrogen) atoms. The number of hydrogen-bond acceptors (Lipinski definition) is 6. The van der Waals surface area contributed by atoms with Crippen molar-refractivity contribution in [1.29, 1.82) is 5.26 Å². The Balaban J connectivity index is 1.65. The van der Waals surface area contributed by atoms with E-state index in [0.29, 0.717) is 11.7 Å². The molecule has 0 bridgehead atoms. The van der Waals surface area contributed by atoms with E-state index in [1.165, 1.54) is 0 Å². The van der Waals surface area contributed by atoms with E-state index in [4.69, 9.17) is 9.78 Å². The Morgan fingerprint density at radius 2 is 2.04 bits per heavy atom. The molecule has 6 heteroatoms. The molecule has 1 atom stereocenters. The Morgan fingerprint density at radius 3 is 2.88 bits per heavy atom. The third kappa shape index (κ3) is 2.61. The highest BCUT2D eigenvalue weighted by atomic mass is 16.5. The van der Waals surface area contributed by atoms with Crippen molar-refractivity contribution >= 4 is 0 Å². The van der Waals surface area contributed by atoms with Crippen LogP contribution in [0.4, 0.5) is 0 Å². The molecule has 1 fully saturated rings. The average molecular weight is 317 g/mol. The molecule has 0 amide bonds. The summed E-state index contributed by atoms with van der Waals surface area (Å²) in [5.41, 5.74) is 2.93. The summed E-state index contributed by atoms with van der Waals surface area (Å²) in [6.45, 7) is 0.752.